The van der Waals surface area contributed by atoms with Crippen LogP contribution < -0.4 is 5.32 Å². The van der Waals surface area contributed by atoms with Crippen molar-refractivity contribution in [2.75, 3.05) is 13.1 Å². The average Bonchev–Trinajstić information content (AvgIpc) is 3.21. The van der Waals surface area contributed by atoms with Gasteiger partial charge < -0.3 is 10.2 Å². The molecule has 0 aromatic heterocycles. The van der Waals surface area contributed by atoms with E-state index in [0.717, 1.165) is 32.4 Å². The van der Waals surface area contributed by atoms with Gasteiger partial charge >= 0.3 is 0 Å². The molecule has 0 aliphatic carbocycles. The normalized spacial score (nSPS) is 24.0. The first-order valence-electron chi connectivity index (χ1n) is 8.46. The molecule has 23 heavy (non-hydrogen) atoms. The first-order chi connectivity index (χ1) is 11.3. The molecule has 2 saturated heterocycles. The minimum atomic E-state index is -0.304. The lowest BCUT2D eigenvalue weighted by atomic mass is 9.94. The predicted octanol–water partition coefficient (Wildman–Crippen LogP) is 3.13. The van der Waals surface area contributed by atoms with Crippen LogP contribution in [0.2, 0.25) is 0 Å². The van der Waals surface area contributed by atoms with E-state index in [1.807, 2.05) is 12.1 Å². The van der Waals surface area contributed by atoms with E-state index in [9.17, 15) is 4.79 Å². The van der Waals surface area contributed by atoms with Crippen LogP contribution in [0.25, 0.3) is 0 Å². The van der Waals surface area contributed by atoms with Gasteiger partial charge in [-0.3, -0.25) is 4.79 Å². The molecule has 3 heteroatoms. The van der Waals surface area contributed by atoms with Crippen LogP contribution in [0.1, 0.15) is 36.4 Å². The Morgan fingerprint density at radius 2 is 1.52 bits per heavy atom. The van der Waals surface area contributed by atoms with E-state index in [2.05, 4.69) is 58.7 Å². The molecule has 0 saturated carbocycles. The van der Waals surface area contributed by atoms with Crippen molar-refractivity contribution >= 4 is 5.91 Å². The summed E-state index contributed by atoms with van der Waals surface area (Å²) >= 11 is 0. The molecule has 1 amide bonds. The fourth-order valence-corrected chi connectivity index (χ4v) is 4.07. The lowest BCUT2D eigenvalue weighted by Gasteiger charge is -2.31. The zero-order valence-corrected chi connectivity index (χ0v) is 13.2. The zero-order valence-electron chi connectivity index (χ0n) is 13.2. The molecule has 2 aliphatic heterocycles. The van der Waals surface area contributed by atoms with E-state index >= 15 is 0 Å². The Hall–Kier alpha value is -2.13. The standard InChI is InChI=1S/C20H22N2O/c23-19-20(12-7-14-21-20)13-15-22(19)18(16-8-3-1-4-9-16)17-10-5-2-6-11-17/h1-6,8-11,18,21H,7,12-15H2. The van der Waals surface area contributed by atoms with Gasteiger partial charge in [0.25, 0.3) is 0 Å². The highest BCUT2D eigenvalue weighted by Crippen LogP contribution is 2.38. The highest BCUT2D eigenvalue weighted by Gasteiger charge is 2.50. The fraction of sp³-hybridized carbons (Fsp3) is 0.350. The van der Waals surface area contributed by atoms with E-state index in [0.29, 0.717) is 0 Å². The van der Waals surface area contributed by atoms with Crippen LogP contribution in [0.3, 0.4) is 0 Å². The lowest BCUT2D eigenvalue weighted by Crippen LogP contribution is -2.48. The Bertz CT molecular complexity index is 638. The highest BCUT2D eigenvalue weighted by molar-refractivity contribution is 5.89. The largest absolute Gasteiger partial charge is 0.330 e. The zero-order chi connectivity index (χ0) is 15.7. The summed E-state index contributed by atoms with van der Waals surface area (Å²) < 4.78 is 0. The number of hydrogen-bond acceptors (Lipinski definition) is 2. The van der Waals surface area contributed by atoms with Gasteiger partial charge in [0.15, 0.2) is 0 Å². The first kappa shape index (κ1) is 14.5. The minimum absolute atomic E-state index is 0.00618. The first-order valence-corrected chi connectivity index (χ1v) is 8.46. The predicted molar refractivity (Wildman–Crippen MR) is 91.0 cm³/mol. The molecule has 1 spiro atoms. The number of carbonyl (C=O) groups excluding carboxylic acids is 1. The van der Waals surface area contributed by atoms with Crippen molar-refractivity contribution in [2.45, 2.75) is 30.8 Å². The highest BCUT2D eigenvalue weighted by atomic mass is 16.2. The van der Waals surface area contributed by atoms with Gasteiger partial charge in [-0.15, -0.1) is 0 Å². The van der Waals surface area contributed by atoms with Crippen molar-refractivity contribution in [3.05, 3.63) is 71.8 Å². The molecular formula is C20H22N2O. The molecular weight excluding hydrogens is 284 g/mol. The van der Waals surface area contributed by atoms with Crippen LogP contribution in [-0.4, -0.2) is 29.4 Å². The molecule has 1 atom stereocenters. The van der Waals surface area contributed by atoms with Crippen molar-refractivity contribution in [3.63, 3.8) is 0 Å². The second kappa shape index (κ2) is 5.82. The second-order valence-electron chi connectivity index (χ2n) is 6.58. The third-order valence-corrected chi connectivity index (χ3v) is 5.24. The molecule has 3 nitrogen and oxygen atoms in total. The number of nitrogens with zero attached hydrogens (tertiary/aromatic N) is 1. The summed E-state index contributed by atoms with van der Waals surface area (Å²) in [4.78, 5) is 15.3. The molecule has 2 aromatic carbocycles. The molecule has 4 rings (SSSR count). The SMILES string of the molecule is O=C1N(C(c2ccccc2)c2ccccc2)CCC12CCCN2. The molecule has 2 aliphatic rings. The van der Waals surface area contributed by atoms with Crippen molar-refractivity contribution in [1.82, 2.24) is 10.2 Å². The molecule has 2 fully saturated rings. The van der Waals surface area contributed by atoms with Gasteiger partial charge in [-0.25, -0.2) is 0 Å². The van der Waals surface area contributed by atoms with Crippen LogP contribution in [0, 0.1) is 0 Å². The molecule has 1 unspecified atom stereocenters. The average molecular weight is 306 g/mol. The number of carbonyl (C=O) groups is 1. The molecule has 118 valence electrons. The Labute approximate surface area is 137 Å². The van der Waals surface area contributed by atoms with Gasteiger partial charge in [-0.1, -0.05) is 60.7 Å². The van der Waals surface area contributed by atoms with E-state index < -0.39 is 0 Å². The van der Waals surface area contributed by atoms with Crippen molar-refractivity contribution < 1.29 is 4.79 Å². The number of nitrogens with one attached hydrogen (secondary N) is 1. The smallest absolute Gasteiger partial charge is 0.243 e. The minimum Gasteiger partial charge on any atom is -0.330 e. The maximum Gasteiger partial charge on any atom is 0.243 e. The number of rotatable bonds is 3. The van der Waals surface area contributed by atoms with E-state index in [4.69, 9.17) is 0 Å². The van der Waals surface area contributed by atoms with Crippen LogP contribution in [0.5, 0.6) is 0 Å². The van der Waals surface area contributed by atoms with Crippen LogP contribution in [-0.2, 0) is 4.79 Å². The Kier molecular flexibility index (Phi) is 3.66. The van der Waals surface area contributed by atoms with Crippen molar-refractivity contribution in [3.8, 4) is 0 Å². The number of hydrogen-bond donors (Lipinski definition) is 1. The fourth-order valence-electron chi connectivity index (χ4n) is 4.07. The van der Waals surface area contributed by atoms with E-state index in [1.165, 1.54) is 11.1 Å². The third-order valence-electron chi connectivity index (χ3n) is 5.24. The Morgan fingerprint density at radius 3 is 2.04 bits per heavy atom. The van der Waals surface area contributed by atoms with Crippen LogP contribution in [0.15, 0.2) is 60.7 Å². The maximum atomic E-state index is 13.2. The monoisotopic (exact) mass is 306 g/mol. The summed E-state index contributed by atoms with van der Waals surface area (Å²) in [6.07, 6.45) is 2.99. The van der Waals surface area contributed by atoms with Gasteiger partial charge in [-0.2, -0.15) is 0 Å². The Balaban J connectivity index is 1.73. The topological polar surface area (TPSA) is 32.3 Å². The summed E-state index contributed by atoms with van der Waals surface area (Å²) in [6.45, 7) is 1.78. The maximum absolute atomic E-state index is 13.2. The van der Waals surface area contributed by atoms with E-state index in [1.54, 1.807) is 0 Å². The summed E-state index contributed by atoms with van der Waals surface area (Å²) in [5.74, 6) is 0.271. The van der Waals surface area contributed by atoms with Crippen molar-refractivity contribution in [1.29, 1.82) is 0 Å². The second-order valence-corrected chi connectivity index (χ2v) is 6.58. The van der Waals surface area contributed by atoms with Crippen LogP contribution in [0.4, 0.5) is 0 Å². The molecule has 0 bridgehead atoms. The summed E-state index contributed by atoms with van der Waals surface area (Å²) in [5.41, 5.74) is 2.06. The van der Waals surface area contributed by atoms with Crippen molar-refractivity contribution in [2.24, 2.45) is 0 Å². The lowest BCUT2D eigenvalue weighted by molar-refractivity contribution is -0.134. The van der Waals surface area contributed by atoms with Gasteiger partial charge in [0, 0.05) is 6.54 Å². The quantitative estimate of drug-likeness (QED) is 0.945. The number of benzene rings is 2. The van der Waals surface area contributed by atoms with Gasteiger partial charge in [0.05, 0.1) is 11.6 Å². The number of amides is 1. The Morgan fingerprint density at radius 1 is 0.913 bits per heavy atom. The van der Waals surface area contributed by atoms with Gasteiger partial charge in [-0.05, 0) is 36.9 Å². The summed E-state index contributed by atoms with van der Waals surface area (Å²) in [6, 6.07) is 20.8. The molecule has 2 aromatic rings. The van der Waals surface area contributed by atoms with E-state index in [-0.39, 0.29) is 17.5 Å². The van der Waals surface area contributed by atoms with Gasteiger partial charge in [0.2, 0.25) is 5.91 Å². The summed E-state index contributed by atoms with van der Waals surface area (Å²) in [7, 11) is 0. The van der Waals surface area contributed by atoms with Gasteiger partial charge in [0.1, 0.15) is 0 Å². The summed E-state index contributed by atoms with van der Waals surface area (Å²) in [5, 5.41) is 3.48. The van der Waals surface area contributed by atoms with Crippen LogP contribution >= 0.6 is 0 Å². The molecule has 0 radical (unpaired) electrons. The third kappa shape index (κ3) is 2.45. The number of likely N-dealkylation sites (tertiary alicyclic amines) is 1. The molecule has 2 heterocycles. The molecule has 1 N–H and O–H groups in total.